The number of halogens is 3. The summed E-state index contributed by atoms with van der Waals surface area (Å²) in [5.41, 5.74) is -1.26. The Morgan fingerprint density at radius 3 is 2.59 bits per heavy atom. The van der Waals surface area contributed by atoms with Gasteiger partial charge in [-0.25, -0.2) is 4.79 Å². The second kappa shape index (κ2) is 5.33. The molecule has 1 aliphatic heterocycles. The van der Waals surface area contributed by atoms with Gasteiger partial charge in [-0.05, 0) is 26.8 Å². The summed E-state index contributed by atoms with van der Waals surface area (Å²) in [6, 6.07) is 0.317. The molecule has 1 unspecified atom stereocenters. The van der Waals surface area contributed by atoms with Crippen LogP contribution in [0.25, 0.3) is 0 Å². The molecule has 1 atom stereocenters. The van der Waals surface area contributed by atoms with Crippen LogP contribution in [0.2, 0.25) is 0 Å². The largest absolute Gasteiger partial charge is 0.489 e. The van der Waals surface area contributed by atoms with E-state index in [-0.39, 0.29) is 12.4 Å². The SMILES string of the molecule is CN(C(=O)OC(C)(C)C)C1COc2cc(C(F)(F)F)cnc21. The maximum absolute atomic E-state index is 12.6. The molecule has 2 rings (SSSR count). The predicted molar refractivity (Wildman–Crippen MR) is 71.5 cm³/mol. The Hall–Kier alpha value is -1.99. The number of ether oxygens (including phenoxy) is 2. The van der Waals surface area contributed by atoms with E-state index in [1.807, 2.05) is 0 Å². The lowest BCUT2D eigenvalue weighted by Crippen LogP contribution is -2.37. The summed E-state index contributed by atoms with van der Waals surface area (Å²) in [5.74, 6) is 0.0373. The van der Waals surface area contributed by atoms with E-state index in [0.29, 0.717) is 5.69 Å². The third-order valence-corrected chi connectivity index (χ3v) is 3.07. The normalized spacial score (nSPS) is 17.7. The van der Waals surface area contributed by atoms with Crippen molar-refractivity contribution in [2.24, 2.45) is 0 Å². The van der Waals surface area contributed by atoms with Gasteiger partial charge in [-0.15, -0.1) is 0 Å². The van der Waals surface area contributed by atoms with Gasteiger partial charge in [0.1, 0.15) is 29.7 Å². The summed E-state index contributed by atoms with van der Waals surface area (Å²) >= 11 is 0. The van der Waals surface area contributed by atoms with Crippen LogP contribution in [0.5, 0.6) is 5.75 Å². The van der Waals surface area contributed by atoms with Gasteiger partial charge in [-0.3, -0.25) is 9.88 Å². The highest BCUT2D eigenvalue weighted by Crippen LogP contribution is 2.38. The molecule has 1 aromatic heterocycles. The molecule has 22 heavy (non-hydrogen) atoms. The van der Waals surface area contributed by atoms with Crippen LogP contribution in [0.4, 0.5) is 18.0 Å². The van der Waals surface area contributed by atoms with E-state index in [1.165, 1.54) is 11.9 Å². The molecular formula is C14H17F3N2O3. The fraction of sp³-hybridized carbons (Fsp3) is 0.571. The van der Waals surface area contributed by atoms with Crippen LogP contribution in [0.3, 0.4) is 0 Å². The number of carbonyl (C=O) groups is 1. The van der Waals surface area contributed by atoms with Gasteiger partial charge in [0, 0.05) is 13.2 Å². The van der Waals surface area contributed by atoms with Crippen LogP contribution in [0, 0.1) is 0 Å². The molecule has 0 saturated heterocycles. The Bertz CT molecular complexity index is 582. The summed E-state index contributed by atoms with van der Waals surface area (Å²) in [4.78, 5) is 17.1. The zero-order valence-corrected chi connectivity index (χ0v) is 12.7. The molecule has 0 radical (unpaired) electrons. The molecule has 0 spiro atoms. The van der Waals surface area contributed by atoms with Gasteiger partial charge in [0.05, 0.1) is 5.56 Å². The molecule has 122 valence electrons. The van der Waals surface area contributed by atoms with E-state index in [9.17, 15) is 18.0 Å². The molecule has 2 heterocycles. The summed E-state index contributed by atoms with van der Waals surface area (Å²) in [6.45, 7) is 5.22. The van der Waals surface area contributed by atoms with Crippen molar-refractivity contribution in [3.63, 3.8) is 0 Å². The zero-order valence-electron chi connectivity index (χ0n) is 12.7. The van der Waals surface area contributed by atoms with Crippen LogP contribution in [-0.2, 0) is 10.9 Å². The van der Waals surface area contributed by atoms with Crippen molar-refractivity contribution in [1.82, 2.24) is 9.88 Å². The third kappa shape index (κ3) is 3.42. The van der Waals surface area contributed by atoms with Gasteiger partial charge in [-0.1, -0.05) is 0 Å². The number of hydrogen-bond acceptors (Lipinski definition) is 4. The number of rotatable bonds is 1. The molecule has 0 aromatic carbocycles. The van der Waals surface area contributed by atoms with E-state index in [1.54, 1.807) is 20.8 Å². The first-order valence-electron chi connectivity index (χ1n) is 6.65. The highest BCUT2D eigenvalue weighted by molar-refractivity contribution is 5.68. The monoisotopic (exact) mass is 318 g/mol. The van der Waals surface area contributed by atoms with E-state index in [0.717, 1.165) is 12.3 Å². The number of pyridine rings is 1. The molecule has 0 bridgehead atoms. The number of nitrogens with zero attached hydrogens (tertiary/aromatic N) is 2. The van der Waals surface area contributed by atoms with E-state index >= 15 is 0 Å². The first kappa shape index (κ1) is 16.4. The topological polar surface area (TPSA) is 51.7 Å². The fourth-order valence-corrected chi connectivity index (χ4v) is 1.98. The van der Waals surface area contributed by atoms with Crippen molar-refractivity contribution < 1.29 is 27.4 Å². The Kier molecular flexibility index (Phi) is 3.97. The van der Waals surface area contributed by atoms with Crippen molar-refractivity contribution in [3.8, 4) is 5.75 Å². The second-order valence-corrected chi connectivity index (χ2v) is 6.02. The lowest BCUT2D eigenvalue weighted by Gasteiger charge is -2.27. The van der Waals surface area contributed by atoms with Crippen molar-refractivity contribution in [2.45, 2.75) is 38.6 Å². The first-order chi connectivity index (χ1) is 9.99. The van der Waals surface area contributed by atoms with Gasteiger partial charge >= 0.3 is 12.3 Å². The number of hydrogen-bond donors (Lipinski definition) is 0. The summed E-state index contributed by atoms with van der Waals surface area (Å²) in [5, 5.41) is 0. The number of alkyl halides is 3. The van der Waals surface area contributed by atoms with Crippen molar-refractivity contribution in [1.29, 1.82) is 0 Å². The zero-order chi connectivity index (χ0) is 16.7. The Morgan fingerprint density at radius 2 is 2.05 bits per heavy atom. The van der Waals surface area contributed by atoms with Gasteiger partial charge < -0.3 is 9.47 Å². The minimum absolute atomic E-state index is 0.0373. The summed E-state index contributed by atoms with van der Waals surface area (Å²) in [7, 11) is 1.50. The number of likely N-dealkylation sites (N-methyl/N-ethyl adjacent to an activating group) is 1. The maximum atomic E-state index is 12.6. The van der Waals surface area contributed by atoms with Crippen LogP contribution in [0.15, 0.2) is 12.3 Å². The molecule has 0 fully saturated rings. The molecular weight excluding hydrogens is 301 g/mol. The van der Waals surface area contributed by atoms with E-state index in [4.69, 9.17) is 9.47 Å². The minimum atomic E-state index is -4.49. The molecule has 1 aromatic rings. The average Bonchev–Trinajstić information content (AvgIpc) is 2.77. The highest BCUT2D eigenvalue weighted by atomic mass is 19.4. The Balaban J connectivity index is 2.20. The van der Waals surface area contributed by atoms with E-state index < -0.39 is 29.5 Å². The van der Waals surface area contributed by atoms with Crippen LogP contribution < -0.4 is 4.74 Å². The highest BCUT2D eigenvalue weighted by Gasteiger charge is 2.37. The van der Waals surface area contributed by atoms with Crippen LogP contribution in [0.1, 0.15) is 38.1 Å². The van der Waals surface area contributed by atoms with Crippen molar-refractivity contribution >= 4 is 6.09 Å². The molecule has 0 aliphatic carbocycles. The standard InChI is InChI=1S/C14H17F3N2O3/c1-13(2,3)22-12(20)19(4)9-7-21-10-5-8(14(15,16)17)6-18-11(9)10/h5-6,9H,7H2,1-4H3. The molecule has 8 heteroatoms. The van der Waals surface area contributed by atoms with Gasteiger partial charge in [0.15, 0.2) is 0 Å². The lowest BCUT2D eigenvalue weighted by molar-refractivity contribution is -0.137. The molecule has 1 amide bonds. The van der Waals surface area contributed by atoms with Crippen LogP contribution in [-0.4, -0.2) is 35.2 Å². The average molecular weight is 318 g/mol. The fourth-order valence-electron chi connectivity index (χ4n) is 1.98. The third-order valence-electron chi connectivity index (χ3n) is 3.07. The van der Waals surface area contributed by atoms with E-state index in [2.05, 4.69) is 4.98 Å². The molecule has 0 N–H and O–H groups in total. The summed E-state index contributed by atoms with van der Waals surface area (Å²) < 4.78 is 48.4. The Labute approximate surface area is 126 Å². The van der Waals surface area contributed by atoms with Crippen molar-refractivity contribution in [2.75, 3.05) is 13.7 Å². The van der Waals surface area contributed by atoms with Gasteiger partial charge in [-0.2, -0.15) is 13.2 Å². The minimum Gasteiger partial charge on any atom is -0.489 e. The molecule has 5 nitrogen and oxygen atoms in total. The quantitative estimate of drug-likeness (QED) is 0.796. The maximum Gasteiger partial charge on any atom is 0.418 e. The smallest absolute Gasteiger partial charge is 0.418 e. The number of fused-ring (bicyclic) bond motifs is 1. The summed E-state index contributed by atoms with van der Waals surface area (Å²) in [6.07, 6.45) is -4.33. The second-order valence-electron chi connectivity index (χ2n) is 6.02. The lowest BCUT2D eigenvalue weighted by atomic mass is 10.1. The van der Waals surface area contributed by atoms with Gasteiger partial charge in [0.25, 0.3) is 0 Å². The number of aromatic nitrogens is 1. The van der Waals surface area contributed by atoms with Gasteiger partial charge in [0.2, 0.25) is 0 Å². The number of amides is 1. The predicted octanol–water partition coefficient (Wildman–Crippen LogP) is 3.40. The Morgan fingerprint density at radius 1 is 1.41 bits per heavy atom. The number of carbonyl (C=O) groups excluding carboxylic acids is 1. The molecule has 0 saturated carbocycles. The van der Waals surface area contributed by atoms with Crippen LogP contribution >= 0.6 is 0 Å². The van der Waals surface area contributed by atoms with Crippen molar-refractivity contribution in [3.05, 3.63) is 23.5 Å². The first-order valence-corrected chi connectivity index (χ1v) is 6.65. The molecule has 1 aliphatic rings.